The Morgan fingerprint density at radius 1 is 1.00 bits per heavy atom. The maximum absolute atomic E-state index is 12.8. The highest BCUT2D eigenvalue weighted by atomic mass is 32.2. The zero-order valence-corrected chi connectivity index (χ0v) is 17.4. The predicted molar refractivity (Wildman–Crippen MR) is 114 cm³/mol. The van der Waals surface area contributed by atoms with Crippen molar-refractivity contribution in [3.63, 3.8) is 0 Å². The minimum Gasteiger partial charge on any atom is -0.325 e. The van der Waals surface area contributed by atoms with Crippen LogP contribution in [0.3, 0.4) is 0 Å². The first kappa shape index (κ1) is 19.5. The third-order valence-electron chi connectivity index (χ3n) is 5.63. The van der Waals surface area contributed by atoms with Crippen LogP contribution in [0.2, 0.25) is 0 Å². The van der Waals surface area contributed by atoms with Gasteiger partial charge in [0, 0.05) is 10.6 Å². The van der Waals surface area contributed by atoms with E-state index in [1.807, 2.05) is 0 Å². The van der Waals surface area contributed by atoms with E-state index in [1.165, 1.54) is 29.3 Å². The third kappa shape index (κ3) is 4.28. The van der Waals surface area contributed by atoms with Gasteiger partial charge in [-0.25, -0.2) is 8.42 Å². The van der Waals surface area contributed by atoms with Gasteiger partial charge in [0.25, 0.3) is 0 Å². The van der Waals surface area contributed by atoms with E-state index in [-0.39, 0.29) is 11.2 Å². The van der Waals surface area contributed by atoms with Crippen molar-refractivity contribution in [2.75, 3.05) is 11.1 Å². The summed E-state index contributed by atoms with van der Waals surface area (Å²) in [6.45, 7) is 0. The molecule has 0 unspecified atom stereocenters. The highest BCUT2D eigenvalue weighted by molar-refractivity contribution is 8.00. The molecular weight excluding hydrogens is 390 g/mol. The van der Waals surface area contributed by atoms with E-state index in [0.717, 1.165) is 43.4 Å². The van der Waals surface area contributed by atoms with Crippen molar-refractivity contribution in [2.24, 2.45) is 0 Å². The summed E-state index contributed by atoms with van der Waals surface area (Å²) in [7, 11) is -3.31. The molecule has 148 valence electrons. The van der Waals surface area contributed by atoms with E-state index in [2.05, 4.69) is 23.5 Å². The molecular formula is C22H25NO3S2. The molecule has 2 aromatic carbocycles. The molecule has 4 rings (SSSR count). The molecule has 2 aromatic rings. The molecule has 0 heterocycles. The first-order chi connectivity index (χ1) is 13.5. The maximum Gasteiger partial charge on any atom is 0.234 e. The van der Waals surface area contributed by atoms with Crippen LogP contribution in [-0.2, 0) is 27.5 Å². The first-order valence-electron chi connectivity index (χ1n) is 9.91. The van der Waals surface area contributed by atoms with Crippen molar-refractivity contribution in [1.82, 2.24) is 0 Å². The number of rotatable bonds is 6. The summed E-state index contributed by atoms with van der Waals surface area (Å²) in [5.41, 5.74) is 3.36. The van der Waals surface area contributed by atoms with Gasteiger partial charge in [-0.15, -0.1) is 11.8 Å². The van der Waals surface area contributed by atoms with Crippen LogP contribution in [0.1, 0.15) is 43.2 Å². The Bertz CT molecular complexity index is 979. The summed E-state index contributed by atoms with van der Waals surface area (Å²) < 4.78 is 25.5. The molecule has 28 heavy (non-hydrogen) atoms. The van der Waals surface area contributed by atoms with Crippen LogP contribution in [0.25, 0.3) is 0 Å². The number of aryl methyl sites for hydroxylation is 2. The van der Waals surface area contributed by atoms with Crippen molar-refractivity contribution in [3.8, 4) is 0 Å². The van der Waals surface area contributed by atoms with Gasteiger partial charge in [0.05, 0.1) is 15.9 Å². The fourth-order valence-electron chi connectivity index (χ4n) is 4.13. The molecule has 0 radical (unpaired) electrons. The smallest absolute Gasteiger partial charge is 0.234 e. The zero-order valence-electron chi connectivity index (χ0n) is 15.8. The molecule has 0 spiro atoms. The summed E-state index contributed by atoms with van der Waals surface area (Å²) in [5.74, 6) is 0.180. The van der Waals surface area contributed by atoms with Crippen LogP contribution < -0.4 is 5.32 Å². The summed E-state index contributed by atoms with van der Waals surface area (Å²) in [6, 6.07) is 13.1. The van der Waals surface area contributed by atoms with E-state index < -0.39 is 9.84 Å². The fraction of sp³-hybridized carbons (Fsp3) is 0.409. The van der Waals surface area contributed by atoms with Gasteiger partial charge < -0.3 is 5.32 Å². The van der Waals surface area contributed by atoms with Gasteiger partial charge in [-0.2, -0.15) is 0 Å². The third-order valence-corrected chi connectivity index (χ3v) is 8.88. The predicted octanol–water partition coefficient (Wildman–Crippen LogP) is 4.62. The van der Waals surface area contributed by atoms with Crippen LogP contribution >= 0.6 is 11.8 Å². The molecule has 1 amide bonds. The Labute approximate surface area is 171 Å². The van der Waals surface area contributed by atoms with Crippen molar-refractivity contribution in [1.29, 1.82) is 0 Å². The lowest BCUT2D eigenvalue weighted by atomic mass is 10.1. The van der Waals surface area contributed by atoms with Gasteiger partial charge in [0.15, 0.2) is 9.84 Å². The second-order valence-corrected chi connectivity index (χ2v) is 10.9. The number of amides is 1. The van der Waals surface area contributed by atoms with Crippen LogP contribution in [0.4, 0.5) is 5.69 Å². The number of fused-ring (bicyclic) bond motifs is 1. The normalized spacial score (nSPS) is 16.9. The lowest BCUT2D eigenvalue weighted by Gasteiger charge is -2.12. The Morgan fingerprint density at radius 3 is 2.61 bits per heavy atom. The van der Waals surface area contributed by atoms with E-state index in [1.54, 1.807) is 24.3 Å². The van der Waals surface area contributed by atoms with E-state index in [4.69, 9.17) is 0 Å². The topological polar surface area (TPSA) is 63.2 Å². The van der Waals surface area contributed by atoms with Gasteiger partial charge in [-0.05, 0) is 73.6 Å². The number of carbonyl (C=O) groups is 1. The summed E-state index contributed by atoms with van der Waals surface area (Å²) in [4.78, 5) is 13.8. The minimum absolute atomic E-state index is 0.124. The molecule has 2 aliphatic carbocycles. The first-order valence-corrected chi connectivity index (χ1v) is 12.4. The Balaban J connectivity index is 1.38. The van der Waals surface area contributed by atoms with Crippen molar-refractivity contribution >= 4 is 33.2 Å². The minimum atomic E-state index is -3.31. The van der Waals surface area contributed by atoms with Crippen LogP contribution in [0.15, 0.2) is 52.3 Å². The second-order valence-electron chi connectivity index (χ2n) is 7.60. The number of benzene rings is 2. The van der Waals surface area contributed by atoms with Gasteiger partial charge in [-0.3, -0.25) is 4.79 Å². The van der Waals surface area contributed by atoms with Gasteiger partial charge in [-0.1, -0.05) is 25.0 Å². The Hall–Kier alpha value is -1.79. The molecule has 0 aliphatic heterocycles. The number of hydrogen-bond acceptors (Lipinski definition) is 4. The van der Waals surface area contributed by atoms with Gasteiger partial charge >= 0.3 is 0 Å². The highest BCUT2D eigenvalue weighted by Crippen LogP contribution is 2.31. The Kier molecular flexibility index (Phi) is 5.78. The zero-order chi connectivity index (χ0) is 19.6. The Morgan fingerprint density at radius 2 is 1.79 bits per heavy atom. The monoisotopic (exact) mass is 415 g/mol. The largest absolute Gasteiger partial charge is 0.325 e. The molecule has 1 fully saturated rings. The van der Waals surface area contributed by atoms with Gasteiger partial charge in [0.1, 0.15) is 0 Å². The number of thioether (sulfide) groups is 1. The summed E-state index contributed by atoms with van der Waals surface area (Å²) in [6.07, 6.45) is 6.90. The number of hydrogen-bond donors (Lipinski definition) is 1. The van der Waals surface area contributed by atoms with Crippen LogP contribution in [0.5, 0.6) is 0 Å². The SMILES string of the molecule is O=C(CSc1ccc2c(c1)CCC2)Nc1cccc(S(=O)(=O)C2CCCC2)c1. The van der Waals surface area contributed by atoms with Gasteiger partial charge in [0.2, 0.25) is 5.91 Å². The maximum atomic E-state index is 12.8. The second kappa shape index (κ2) is 8.29. The quantitative estimate of drug-likeness (QED) is 0.699. The average molecular weight is 416 g/mol. The number of sulfone groups is 1. The molecule has 2 aliphatic rings. The molecule has 0 atom stereocenters. The van der Waals surface area contributed by atoms with Crippen molar-refractivity contribution in [3.05, 3.63) is 53.6 Å². The highest BCUT2D eigenvalue weighted by Gasteiger charge is 2.30. The molecule has 1 N–H and O–H groups in total. The molecule has 0 bridgehead atoms. The van der Waals surface area contributed by atoms with E-state index in [0.29, 0.717) is 16.3 Å². The number of anilines is 1. The summed E-state index contributed by atoms with van der Waals surface area (Å²) >= 11 is 1.51. The van der Waals surface area contributed by atoms with Crippen molar-refractivity contribution < 1.29 is 13.2 Å². The molecule has 6 heteroatoms. The molecule has 1 saturated carbocycles. The summed E-state index contributed by atoms with van der Waals surface area (Å²) in [5, 5.41) is 2.56. The number of carbonyl (C=O) groups excluding carboxylic acids is 1. The van der Waals surface area contributed by atoms with E-state index >= 15 is 0 Å². The lowest BCUT2D eigenvalue weighted by molar-refractivity contribution is -0.113. The van der Waals surface area contributed by atoms with E-state index in [9.17, 15) is 13.2 Å². The molecule has 4 nitrogen and oxygen atoms in total. The lowest BCUT2D eigenvalue weighted by Crippen LogP contribution is -2.18. The molecule has 0 aromatic heterocycles. The fourth-order valence-corrected chi connectivity index (χ4v) is 6.78. The number of nitrogens with one attached hydrogen (secondary N) is 1. The van der Waals surface area contributed by atoms with Crippen LogP contribution in [0, 0.1) is 0 Å². The standard InChI is InChI=1S/C22H25NO3S2/c24-22(15-27-19-12-11-16-5-3-6-17(16)13-19)23-18-7-4-10-21(14-18)28(25,26)20-8-1-2-9-20/h4,7,10-14,20H,1-3,5-6,8-9,15H2,(H,23,24). The van der Waals surface area contributed by atoms with Crippen LogP contribution in [-0.4, -0.2) is 25.3 Å². The van der Waals surface area contributed by atoms with Crippen molar-refractivity contribution in [2.45, 2.75) is 60.0 Å². The average Bonchev–Trinajstić information content (AvgIpc) is 3.38. The molecule has 0 saturated heterocycles.